The van der Waals surface area contributed by atoms with Crippen molar-refractivity contribution in [3.8, 4) is 17.0 Å². The predicted octanol–water partition coefficient (Wildman–Crippen LogP) is 4.15. The lowest BCUT2D eigenvalue weighted by Gasteiger charge is -2.25. The summed E-state index contributed by atoms with van der Waals surface area (Å²) >= 11 is 0. The fourth-order valence-corrected chi connectivity index (χ4v) is 4.48. The van der Waals surface area contributed by atoms with Crippen molar-refractivity contribution in [1.29, 1.82) is 0 Å². The van der Waals surface area contributed by atoms with Gasteiger partial charge in [0.25, 0.3) is 0 Å². The number of anilines is 3. The summed E-state index contributed by atoms with van der Waals surface area (Å²) in [6.07, 6.45) is 7.02. The minimum atomic E-state index is -0.506. The van der Waals surface area contributed by atoms with Crippen molar-refractivity contribution < 1.29 is 14.3 Å². The summed E-state index contributed by atoms with van der Waals surface area (Å²) in [5, 5.41) is 6.63. The van der Waals surface area contributed by atoms with E-state index in [9.17, 15) is 9.59 Å². The number of carbonyl (C=O) groups excluding carboxylic acids is 2. The summed E-state index contributed by atoms with van der Waals surface area (Å²) < 4.78 is 7.95. The van der Waals surface area contributed by atoms with E-state index in [1.807, 2.05) is 51.5 Å². The maximum absolute atomic E-state index is 12.0. The maximum atomic E-state index is 12.0. The summed E-state index contributed by atoms with van der Waals surface area (Å²) in [5.74, 6) is 0.705. The predicted molar refractivity (Wildman–Crippen MR) is 160 cm³/mol. The number of hydrogen-bond donors (Lipinski definition) is 2. The zero-order valence-electron chi connectivity index (χ0n) is 23.5. The number of nitrogens with zero attached hydrogens (tertiary/aromatic N) is 5. The highest BCUT2D eigenvalue weighted by molar-refractivity contribution is 5.98. The molecule has 0 spiro atoms. The Balaban J connectivity index is 1.72. The van der Waals surface area contributed by atoms with Gasteiger partial charge in [-0.05, 0) is 39.2 Å². The minimum Gasteiger partial charge on any atom is -0.494 e. The van der Waals surface area contributed by atoms with E-state index in [1.54, 1.807) is 13.2 Å². The van der Waals surface area contributed by atoms with Crippen molar-refractivity contribution in [1.82, 2.24) is 24.8 Å². The highest BCUT2D eigenvalue weighted by Crippen LogP contribution is 2.36. The lowest BCUT2D eigenvalue weighted by atomic mass is 10.1. The Kier molecular flexibility index (Phi) is 9.13. The molecular formula is C30H35N7O3. The average molecular weight is 542 g/mol. The second-order valence-electron chi connectivity index (χ2n) is 9.56. The number of methoxy groups -OCH3 is 1. The maximum Gasteiger partial charge on any atom is 0.250 e. The first kappa shape index (κ1) is 28.3. The zero-order valence-corrected chi connectivity index (χ0v) is 23.5. The van der Waals surface area contributed by atoms with Crippen LogP contribution in [0.25, 0.3) is 28.2 Å². The topological polar surface area (TPSA) is 105 Å². The second-order valence-corrected chi connectivity index (χ2v) is 9.56. The monoisotopic (exact) mass is 541 g/mol. The smallest absolute Gasteiger partial charge is 0.250 e. The molecule has 0 radical (unpaired) electrons. The lowest BCUT2D eigenvalue weighted by Crippen LogP contribution is -2.29. The van der Waals surface area contributed by atoms with Gasteiger partial charge in [-0.25, -0.2) is 9.97 Å². The van der Waals surface area contributed by atoms with Gasteiger partial charge in [-0.1, -0.05) is 18.2 Å². The Hall–Kier alpha value is -4.70. The van der Waals surface area contributed by atoms with Crippen LogP contribution in [-0.4, -0.2) is 73.1 Å². The molecule has 0 aliphatic heterocycles. The highest BCUT2D eigenvalue weighted by Gasteiger charge is 2.16. The summed E-state index contributed by atoms with van der Waals surface area (Å²) in [5.41, 5.74) is 5.28. The molecule has 0 saturated carbocycles. The second kappa shape index (κ2) is 12.9. The third kappa shape index (κ3) is 6.47. The van der Waals surface area contributed by atoms with Crippen LogP contribution in [0.3, 0.4) is 0 Å². The van der Waals surface area contributed by atoms with Gasteiger partial charge in [0.2, 0.25) is 12.3 Å². The largest absolute Gasteiger partial charge is 0.494 e. The lowest BCUT2D eigenvalue weighted by molar-refractivity contribution is -0.121. The highest BCUT2D eigenvalue weighted by atomic mass is 16.5. The molecule has 10 heteroatoms. The number of para-hydroxylation sites is 1. The number of fused-ring (bicyclic) bond motifs is 1. The number of amides is 2. The van der Waals surface area contributed by atoms with Crippen LogP contribution in [0.15, 0.2) is 61.1 Å². The molecule has 2 N–H and O–H groups in total. The van der Waals surface area contributed by atoms with Crippen molar-refractivity contribution in [3.05, 3.63) is 66.6 Å². The average Bonchev–Trinajstić information content (AvgIpc) is 3.34. The van der Waals surface area contributed by atoms with E-state index in [1.165, 1.54) is 12.4 Å². The number of rotatable bonds is 12. The van der Waals surface area contributed by atoms with Crippen LogP contribution in [0, 0.1) is 0 Å². The molecule has 0 unspecified atom stereocenters. The normalized spacial score (nSPS) is 11.2. The van der Waals surface area contributed by atoms with Crippen LogP contribution in [-0.2, 0) is 16.1 Å². The molecule has 2 heterocycles. The van der Waals surface area contributed by atoms with Gasteiger partial charge < -0.3 is 24.4 Å². The first-order chi connectivity index (χ1) is 19.3. The molecule has 2 amide bonds. The molecule has 2 aromatic heterocycles. The molecule has 4 aromatic rings. The number of ether oxygens (including phenoxy) is 1. The van der Waals surface area contributed by atoms with Crippen molar-refractivity contribution in [2.45, 2.75) is 13.5 Å². The van der Waals surface area contributed by atoms with Gasteiger partial charge in [-0.3, -0.25) is 14.9 Å². The van der Waals surface area contributed by atoms with Crippen LogP contribution < -0.4 is 20.3 Å². The van der Waals surface area contributed by atoms with Crippen molar-refractivity contribution in [2.75, 3.05) is 51.6 Å². The number of likely N-dealkylation sites (N-methyl/N-ethyl adjacent to an activating group) is 2. The Morgan fingerprint density at radius 1 is 1.10 bits per heavy atom. The summed E-state index contributed by atoms with van der Waals surface area (Å²) in [6.45, 7) is 4.56. The molecule has 208 valence electrons. The fourth-order valence-electron chi connectivity index (χ4n) is 4.48. The van der Waals surface area contributed by atoms with Crippen LogP contribution in [0.2, 0.25) is 0 Å². The third-order valence-electron chi connectivity index (χ3n) is 6.59. The van der Waals surface area contributed by atoms with Gasteiger partial charge in [0.15, 0.2) is 0 Å². The van der Waals surface area contributed by atoms with Crippen molar-refractivity contribution in [3.63, 3.8) is 0 Å². The fraction of sp³-hybridized carbons (Fsp3) is 0.267. The third-order valence-corrected chi connectivity index (χ3v) is 6.59. The van der Waals surface area contributed by atoms with E-state index >= 15 is 0 Å². The standard InChI is InChI=1S/C30H35N7O3/c1-6-37-18-23(22-9-7-8-10-26(22)37)24-16-29(32-19-31-24)34-25-15-21(11-12-30(39)33-20-38)27(17-28(25)40-5)36(4)14-13-35(2)3/h7-12,15-20H,6,13-14H2,1-5H3,(H,31,32,34)(H,33,38,39). The van der Waals surface area contributed by atoms with Gasteiger partial charge in [0, 0.05) is 78.8 Å². The quantitative estimate of drug-likeness (QED) is 0.204. The van der Waals surface area contributed by atoms with E-state index in [4.69, 9.17) is 4.74 Å². The summed E-state index contributed by atoms with van der Waals surface area (Å²) in [4.78, 5) is 35.9. The van der Waals surface area contributed by atoms with E-state index in [-0.39, 0.29) is 0 Å². The Labute approximate surface area is 234 Å². The molecule has 0 fully saturated rings. The molecule has 0 atom stereocenters. The number of nitrogens with one attached hydrogen (secondary N) is 2. The number of hydrogen-bond acceptors (Lipinski definition) is 8. The van der Waals surface area contributed by atoms with Gasteiger partial charge in [-0.2, -0.15) is 0 Å². The van der Waals surface area contributed by atoms with Gasteiger partial charge in [0.05, 0.1) is 18.5 Å². The van der Waals surface area contributed by atoms with E-state index in [0.717, 1.165) is 53.0 Å². The van der Waals surface area contributed by atoms with E-state index in [2.05, 4.69) is 60.2 Å². The van der Waals surface area contributed by atoms with E-state index < -0.39 is 5.91 Å². The van der Waals surface area contributed by atoms with Gasteiger partial charge in [0.1, 0.15) is 17.9 Å². The van der Waals surface area contributed by atoms with Crippen LogP contribution >= 0.6 is 0 Å². The van der Waals surface area contributed by atoms with Crippen LogP contribution in [0.5, 0.6) is 5.75 Å². The minimum absolute atomic E-state index is 0.363. The number of aryl methyl sites for hydroxylation is 1. The Morgan fingerprint density at radius 2 is 1.90 bits per heavy atom. The van der Waals surface area contributed by atoms with Gasteiger partial charge in [-0.15, -0.1) is 0 Å². The molecule has 0 bridgehead atoms. The SMILES string of the molecule is CCn1cc(-c2cc(Nc3cc(C=CC(=O)NC=O)c(N(C)CCN(C)C)cc3OC)ncn2)c2ccccc21. The first-order valence-electron chi connectivity index (χ1n) is 13.0. The van der Waals surface area contributed by atoms with Crippen molar-refractivity contribution in [2.24, 2.45) is 0 Å². The van der Waals surface area contributed by atoms with Crippen LogP contribution in [0.1, 0.15) is 12.5 Å². The van der Waals surface area contributed by atoms with Crippen molar-refractivity contribution >= 4 is 46.5 Å². The Bertz CT molecular complexity index is 1530. The molecule has 0 aliphatic rings. The first-order valence-corrected chi connectivity index (χ1v) is 13.0. The number of benzene rings is 2. The summed E-state index contributed by atoms with van der Waals surface area (Å²) in [7, 11) is 7.63. The Morgan fingerprint density at radius 3 is 2.62 bits per heavy atom. The molecule has 2 aromatic carbocycles. The van der Waals surface area contributed by atoms with Crippen LogP contribution in [0.4, 0.5) is 17.2 Å². The molecule has 0 saturated heterocycles. The zero-order chi connectivity index (χ0) is 28.6. The molecular weight excluding hydrogens is 506 g/mol. The number of aromatic nitrogens is 3. The molecule has 0 aliphatic carbocycles. The van der Waals surface area contributed by atoms with Gasteiger partial charge >= 0.3 is 0 Å². The molecule has 10 nitrogen and oxygen atoms in total. The van der Waals surface area contributed by atoms with E-state index in [0.29, 0.717) is 23.7 Å². The number of carbonyl (C=O) groups is 2. The molecule has 4 rings (SSSR count). The number of imide groups is 1. The molecule has 40 heavy (non-hydrogen) atoms. The summed E-state index contributed by atoms with van der Waals surface area (Å²) in [6, 6.07) is 14.0.